The largest absolute Gasteiger partial charge is 0.490 e. The number of hydrogen-bond donors (Lipinski definition) is 3. The van der Waals surface area contributed by atoms with E-state index in [-0.39, 0.29) is 29.5 Å². The van der Waals surface area contributed by atoms with Crippen LogP contribution in [0.15, 0.2) is 54.7 Å². The number of aryl methyl sites for hydroxylation is 1. The lowest BCUT2D eigenvalue weighted by Gasteiger charge is -2.32. The van der Waals surface area contributed by atoms with E-state index < -0.39 is 11.9 Å². The quantitative estimate of drug-likeness (QED) is 0.216. The van der Waals surface area contributed by atoms with E-state index in [1.807, 2.05) is 19.9 Å². The Morgan fingerprint density at radius 3 is 2.66 bits per heavy atom. The number of ether oxygens (including phenoxy) is 1. The van der Waals surface area contributed by atoms with Crippen molar-refractivity contribution in [3.63, 3.8) is 0 Å². The third-order valence-electron chi connectivity index (χ3n) is 7.55. The molecule has 0 bridgehead atoms. The average Bonchev–Trinajstić information content (AvgIpc) is 3.00. The highest BCUT2D eigenvalue weighted by Gasteiger charge is 2.20. The van der Waals surface area contributed by atoms with Crippen molar-refractivity contribution in [2.75, 3.05) is 56.6 Å². The van der Waals surface area contributed by atoms with Crippen LogP contribution >= 0.6 is 0 Å². The fraction of sp³-hybridized carbons (Fsp3) is 0.438. The van der Waals surface area contributed by atoms with Gasteiger partial charge in [0.2, 0.25) is 11.9 Å². The van der Waals surface area contributed by atoms with Gasteiger partial charge in [-0.1, -0.05) is 19.1 Å². The molecule has 236 valence electrons. The Labute approximate surface area is 258 Å². The van der Waals surface area contributed by atoms with Gasteiger partial charge in [-0.3, -0.25) is 4.79 Å². The van der Waals surface area contributed by atoms with Crippen molar-refractivity contribution in [2.24, 2.45) is 0 Å². The normalized spacial score (nSPS) is 14.5. The lowest BCUT2D eigenvalue weighted by molar-refractivity contribution is -0.121. The van der Waals surface area contributed by atoms with E-state index in [9.17, 15) is 19.1 Å². The van der Waals surface area contributed by atoms with Crippen LogP contribution in [0, 0.1) is 5.82 Å². The van der Waals surface area contributed by atoms with Gasteiger partial charge in [0.1, 0.15) is 5.82 Å². The molecule has 1 atom stereocenters. The maximum Gasteiger partial charge on any atom is 0.417 e. The first-order valence-corrected chi connectivity index (χ1v) is 15.1. The summed E-state index contributed by atoms with van der Waals surface area (Å²) < 4.78 is 20.5. The van der Waals surface area contributed by atoms with Crippen molar-refractivity contribution in [1.29, 1.82) is 0 Å². The van der Waals surface area contributed by atoms with Crippen molar-refractivity contribution in [3.8, 4) is 5.75 Å². The van der Waals surface area contributed by atoms with E-state index in [1.165, 1.54) is 18.3 Å². The minimum Gasteiger partial charge on any atom is -0.490 e. The number of piperazine rings is 1. The number of nitrogens with zero attached hydrogens (tertiary/aromatic N) is 5. The number of carboxylic acid groups (broad SMARTS) is 1. The molecule has 2 amide bonds. The van der Waals surface area contributed by atoms with Crippen LogP contribution in [0.1, 0.15) is 38.7 Å². The summed E-state index contributed by atoms with van der Waals surface area (Å²) in [5, 5.41) is 15.9. The Balaban J connectivity index is 1.36. The maximum absolute atomic E-state index is 14.8. The number of carbonyl (C=O) groups is 2. The van der Waals surface area contributed by atoms with E-state index in [0.717, 1.165) is 56.0 Å². The highest BCUT2D eigenvalue weighted by atomic mass is 19.1. The molecule has 44 heavy (non-hydrogen) atoms. The molecule has 3 N–H and O–H groups in total. The van der Waals surface area contributed by atoms with Crippen LogP contribution < -0.4 is 20.3 Å². The Morgan fingerprint density at radius 2 is 1.93 bits per heavy atom. The summed E-state index contributed by atoms with van der Waals surface area (Å²) in [7, 11) is 2.12. The van der Waals surface area contributed by atoms with Crippen molar-refractivity contribution in [3.05, 3.63) is 66.1 Å². The Morgan fingerprint density at radius 1 is 1.14 bits per heavy atom. The van der Waals surface area contributed by atoms with Crippen LogP contribution in [-0.4, -0.2) is 89.3 Å². The van der Waals surface area contributed by atoms with Gasteiger partial charge in [0.25, 0.3) is 0 Å². The predicted molar refractivity (Wildman–Crippen MR) is 169 cm³/mol. The molecule has 1 unspecified atom stereocenters. The first-order valence-electron chi connectivity index (χ1n) is 15.1. The number of anilines is 4. The van der Waals surface area contributed by atoms with Gasteiger partial charge in [-0.05, 0) is 63.1 Å². The first-order chi connectivity index (χ1) is 21.2. The van der Waals surface area contributed by atoms with Gasteiger partial charge in [-0.15, -0.1) is 0 Å². The molecule has 2 aromatic carbocycles. The monoisotopic (exact) mass is 607 g/mol. The van der Waals surface area contributed by atoms with Crippen molar-refractivity contribution in [1.82, 2.24) is 25.1 Å². The highest BCUT2D eigenvalue weighted by Crippen LogP contribution is 2.27. The molecule has 12 heteroatoms. The molecule has 2 heterocycles. The summed E-state index contributed by atoms with van der Waals surface area (Å²) in [6, 6.07) is 13.0. The molecule has 11 nitrogen and oxygen atoms in total. The second-order valence-electron chi connectivity index (χ2n) is 11.0. The molecule has 1 aliphatic heterocycles. The van der Waals surface area contributed by atoms with Gasteiger partial charge in [0, 0.05) is 69.2 Å². The third-order valence-corrected chi connectivity index (χ3v) is 7.55. The molecule has 0 saturated carbocycles. The number of halogens is 1. The molecular formula is C32H42FN7O4. The van der Waals surface area contributed by atoms with E-state index in [4.69, 9.17) is 4.74 Å². The van der Waals surface area contributed by atoms with Gasteiger partial charge in [-0.25, -0.2) is 19.1 Å². The highest BCUT2D eigenvalue weighted by molar-refractivity contribution is 5.93. The summed E-state index contributed by atoms with van der Waals surface area (Å²) in [6.07, 6.45) is 2.59. The number of benzene rings is 2. The Hall–Kier alpha value is -4.29. The van der Waals surface area contributed by atoms with Gasteiger partial charge in [0.15, 0.2) is 11.6 Å². The molecule has 1 saturated heterocycles. The second-order valence-corrected chi connectivity index (χ2v) is 11.0. The number of hydrogen-bond acceptors (Lipinski definition) is 8. The van der Waals surface area contributed by atoms with E-state index in [2.05, 4.69) is 37.4 Å². The predicted octanol–water partition coefficient (Wildman–Crippen LogP) is 5.04. The van der Waals surface area contributed by atoms with Crippen molar-refractivity contribution in [2.45, 2.75) is 45.6 Å². The summed E-state index contributed by atoms with van der Waals surface area (Å²) in [5.74, 6) is -0.191. The summed E-state index contributed by atoms with van der Waals surface area (Å²) in [6.45, 7) is 9.45. The first kappa shape index (κ1) is 32.6. The van der Waals surface area contributed by atoms with E-state index in [0.29, 0.717) is 30.8 Å². The van der Waals surface area contributed by atoms with Gasteiger partial charge >= 0.3 is 6.09 Å². The number of nitrogens with one attached hydrogen (secondary N) is 2. The average molecular weight is 608 g/mol. The zero-order valence-electron chi connectivity index (χ0n) is 25.6. The van der Waals surface area contributed by atoms with Gasteiger partial charge in [0.05, 0.1) is 12.3 Å². The second kappa shape index (κ2) is 16.0. The van der Waals surface area contributed by atoms with Gasteiger partial charge < -0.3 is 30.3 Å². The van der Waals surface area contributed by atoms with Crippen LogP contribution in [0.25, 0.3) is 0 Å². The van der Waals surface area contributed by atoms with Crippen LogP contribution in [0.5, 0.6) is 5.75 Å². The van der Waals surface area contributed by atoms with Crippen molar-refractivity contribution >= 4 is 35.1 Å². The number of rotatable bonds is 14. The molecule has 0 aliphatic carbocycles. The number of aromatic nitrogens is 2. The molecular weight excluding hydrogens is 565 g/mol. The number of likely N-dealkylation sites (N-methyl/N-ethyl adjacent to an activating group) is 1. The fourth-order valence-electron chi connectivity index (χ4n) is 4.80. The standard InChI is InChI=1S/C32H42FN7O4/c1-4-23(2)35-30(41)12-9-24-7-5-8-26(21-24)40(32(42)43)29-13-14-34-31(37-29)36-25-10-11-28(27(33)22-25)44-20-6-15-39-18-16-38(3)17-19-39/h5,7-8,10-11,13-14,21-23H,4,6,9,12,15-20H2,1-3H3,(H,35,41)(H,42,43)(H,34,36,37). The fourth-order valence-corrected chi connectivity index (χ4v) is 4.80. The minimum atomic E-state index is -1.23. The molecule has 4 rings (SSSR count). The SMILES string of the molecule is CCC(C)NC(=O)CCc1cccc(N(C(=O)O)c2ccnc(Nc3ccc(OCCCN4CCN(C)CC4)c(F)c3)n2)c1. The summed E-state index contributed by atoms with van der Waals surface area (Å²) in [5.41, 5.74) is 1.59. The van der Waals surface area contributed by atoms with Crippen LogP contribution in [0.4, 0.5) is 32.3 Å². The van der Waals surface area contributed by atoms with E-state index in [1.54, 1.807) is 30.3 Å². The lowest BCUT2D eigenvalue weighted by atomic mass is 10.1. The Kier molecular flexibility index (Phi) is 11.8. The minimum absolute atomic E-state index is 0.0522. The Bertz CT molecular complexity index is 1400. The summed E-state index contributed by atoms with van der Waals surface area (Å²) in [4.78, 5) is 38.8. The third kappa shape index (κ3) is 9.61. The molecule has 1 aliphatic rings. The number of amides is 2. The van der Waals surface area contributed by atoms with Crippen LogP contribution in [-0.2, 0) is 11.2 Å². The topological polar surface area (TPSA) is 123 Å². The maximum atomic E-state index is 14.8. The van der Waals surface area contributed by atoms with Crippen LogP contribution in [0.3, 0.4) is 0 Å². The molecule has 3 aromatic rings. The molecule has 0 spiro atoms. The van der Waals surface area contributed by atoms with Gasteiger partial charge in [-0.2, -0.15) is 4.98 Å². The zero-order valence-corrected chi connectivity index (χ0v) is 25.6. The van der Waals surface area contributed by atoms with E-state index >= 15 is 0 Å². The number of carbonyl (C=O) groups excluding carboxylic acids is 1. The summed E-state index contributed by atoms with van der Waals surface area (Å²) >= 11 is 0. The molecule has 1 fully saturated rings. The smallest absolute Gasteiger partial charge is 0.417 e. The lowest BCUT2D eigenvalue weighted by Crippen LogP contribution is -2.44. The van der Waals surface area contributed by atoms with Crippen LogP contribution in [0.2, 0.25) is 0 Å². The molecule has 0 radical (unpaired) electrons. The molecule has 1 aromatic heterocycles. The zero-order chi connectivity index (χ0) is 31.5. The van der Waals surface area contributed by atoms with Crippen molar-refractivity contribution < 1.29 is 23.8 Å².